The SMILES string of the molecule is c1cnc2cc(-c3ccc4oc(-c5cnc6sccc6c5)cc4c3)oc2c1. The van der Waals surface area contributed by atoms with Crippen LogP contribution in [-0.4, -0.2) is 9.97 Å². The van der Waals surface area contributed by atoms with Gasteiger partial charge in [0.1, 0.15) is 27.5 Å². The molecule has 0 aliphatic carbocycles. The first-order valence-electron chi connectivity index (χ1n) is 8.56. The summed E-state index contributed by atoms with van der Waals surface area (Å²) in [5.41, 5.74) is 4.46. The van der Waals surface area contributed by atoms with Gasteiger partial charge in [0.15, 0.2) is 5.58 Å². The molecule has 0 atom stereocenters. The lowest BCUT2D eigenvalue weighted by molar-refractivity contribution is 0.629. The molecule has 27 heavy (non-hydrogen) atoms. The summed E-state index contributed by atoms with van der Waals surface area (Å²) in [4.78, 5) is 9.89. The van der Waals surface area contributed by atoms with E-state index in [0.29, 0.717) is 0 Å². The van der Waals surface area contributed by atoms with E-state index in [1.54, 1.807) is 17.5 Å². The molecular formula is C22H12N2O2S. The van der Waals surface area contributed by atoms with Crippen LogP contribution in [0.4, 0.5) is 0 Å². The molecule has 0 saturated heterocycles. The van der Waals surface area contributed by atoms with Crippen molar-refractivity contribution in [2.45, 2.75) is 0 Å². The van der Waals surface area contributed by atoms with E-state index in [9.17, 15) is 0 Å². The maximum absolute atomic E-state index is 6.05. The van der Waals surface area contributed by atoms with E-state index in [1.165, 1.54) is 0 Å². The van der Waals surface area contributed by atoms with Gasteiger partial charge in [0.2, 0.25) is 0 Å². The molecule has 5 heterocycles. The minimum absolute atomic E-state index is 0.788. The number of pyridine rings is 2. The second-order valence-corrected chi connectivity index (χ2v) is 7.29. The first-order chi connectivity index (χ1) is 13.3. The second-order valence-electron chi connectivity index (χ2n) is 6.40. The van der Waals surface area contributed by atoms with Crippen molar-refractivity contribution in [2.24, 2.45) is 0 Å². The third-order valence-corrected chi connectivity index (χ3v) is 5.52. The fourth-order valence-corrected chi connectivity index (χ4v) is 4.06. The highest BCUT2D eigenvalue weighted by molar-refractivity contribution is 7.16. The predicted molar refractivity (Wildman–Crippen MR) is 108 cm³/mol. The molecule has 0 bridgehead atoms. The fourth-order valence-electron chi connectivity index (χ4n) is 3.34. The van der Waals surface area contributed by atoms with Gasteiger partial charge in [-0.25, -0.2) is 4.98 Å². The molecule has 0 spiro atoms. The lowest BCUT2D eigenvalue weighted by Gasteiger charge is -1.96. The van der Waals surface area contributed by atoms with Gasteiger partial charge in [0.25, 0.3) is 0 Å². The monoisotopic (exact) mass is 368 g/mol. The zero-order valence-corrected chi connectivity index (χ0v) is 14.9. The number of furan rings is 2. The lowest BCUT2D eigenvalue weighted by Crippen LogP contribution is -1.76. The number of nitrogens with zero attached hydrogens (tertiary/aromatic N) is 2. The largest absolute Gasteiger partial charge is 0.456 e. The Bertz CT molecular complexity index is 1410. The van der Waals surface area contributed by atoms with Gasteiger partial charge >= 0.3 is 0 Å². The van der Waals surface area contributed by atoms with E-state index >= 15 is 0 Å². The standard InChI is InChI=1S/C22H12N2O2S/c1-2-19-17(23-6-1)11-21(26-19)13-3-4-18-15(8-13)10-20(25-18)16-9-14-5-7-27-22(14)24-12-16/h1-12H. The molecular weight excluding hydrogens is 356 g/mol. The van der Waals surface area contributed by atoms with E-state index in [1.807, 2.05) is 36.5 Å². The van der Waals surface area contributed by atoms with Gasteiger partial charge in [0.05, 0.1) is 0 Å². The van der Waals surface area contributed by atoms with Gasteiger partial charge in [-0.2, -0.15) is 0 Å². The number of aromatic nitrogens is 2. The zero-order chi connectivity index (χ0) is 17.8. The van der Waals surface area contributed by atoms with Gasteiger partial charge in [-0.3, -0.25) is 4.98 Å². The van der Waals surface area contributed by atoms with E-state index < -0.39 is 0 Å². The summed E-state index contributed by atoms with van der Waals surface area (Å²) >= 11 is 1.64. The summed E-state index contributed by atoms with van der Waals surface area (Å²) in [5.74, 6) is 1.61. The first-order valence-corrected chi connectivity index (χ1v) is 9.44. The highest BCUT2D eigenvalue weighted by Gasteiger charge is 2.11. The average Bonchev–Trinajstić information content (AvgIpc) is 3.42. The summed E-state index contributed by atoms with van der Waals surface area (Å²) in [6.07, 6.45) is 3.63. The molecule has 1 aromatic carbocycles. The molecule has 128 valence electrons. The number of thiophene rings is 1. The third kappa shape index (κ3) is 2.36. The lowest BCUT2D eigenvalue weighted by atomic mass is 10.1. The minimum atomic E-state index is 0.788. The maximum atomic E-state index is 6.05. The number of benzene rings is 1. The Kier molecular flexibility index (Phi) is 3.01. The molecule has 0 unspecified atom stereocenters. The van der Waals surface area contributed by atoms with Crippen molar-refractivity contribution in [3.8, 4) is 22.6 Å². The van der Waals surface area contributed by atoms with E-state index in [2.05, 4.69) is 39.6 Å². The van der Waals surface area contributed by atoms with Gasteiger partial charge < -0.3 is 8.83 Å². The molecule has 6 rings (SSSR count). The quantitative estimate of drug-likeness (QED) is 0.349. The van der Waals surface area contributed by atoms with Crippen molar-refractivity contribution in [3.05, 3.63) is 72.4 Å². The minimum Gasteiger partial charge on any atom is -0.456 e. The van der Waals surface area contributed by atoms with Crippen LogP contribution in [0.15, 0.2) is 81.2 Å². The summed E-state index contributed by atoms with van der Waals surface area (Å²) < 4.78 is 12.0. The molecule has 0 aliphatic heterocycles. The number of rotatable bonds is 2. The van der Waals surface area contributed by atoms with Crippen LogP contribution in [0.25, 0.3) is 54.9 Å². The second kappa shape index (κ2) is 5.53. The highest BCUT2D eigenvalue weighted by atomic mass is 32.1. The Labute approximate surface area is 157 Å². The maximum Gasteiger partial charge on any atom is 0.153 e. The summed E-state index contributed by atoms with van der Waals surface area (Å²) in [5, 5.41) is 4.21. The van der Waals surface area contributed by atoms with Crippen molar-refractivity contribution in [2.75, 3.05) is 0 Å². The molecule has 0 amide bonds. The number of hydrogen-bond acceptors (Lipinski definition) is 5. The molecule has 0 N–H and O–H groups in total. The zero-order valence-electron chi connectivity index (χ0n) is 14.0. The van der Waals surface area contributed by atoms with Gasteiger partial charge in [-0.1, -0.05) is 0 Å². The Balaban J connectivity index is 1.46. The molecule has 6 aromatic rings. The Hall–Kier alpha value is -3.44. The number of fused-ring (bicyclic) bond motifs is 3. The molecule has 0 fully saturated rings. The van der Waals surface area contributed by atoms with Crippen LogP contribution in [0.2, 0.25) is 0 Å². The van der Waals surface area contributed by atoms with Gasteiger partial charge in [0, 0.05) is 40.4 Å². The average molecular weight is 368 g/mol. The molecule has 5 heteroatoms. The normalized spacial score (nSPS) is 11.7. The first kappa shape index (κ1) is 14.7. The van der Waals surface area contributed by atoms with Crippen molar-refractivity contribution < 1.29 is 8.83 Å². The van der Waals surface area contributed by atoms with Crippen LogP contribution in [0, 0.1) is 0 Å². The van der Waals surface area contributed by atoms with Crippen molar-refractivity contribution >= 4 is 43.6 Å². The van der Waals surface area contributed by atoms with Gasteiger partial charge in [-0.15, -0.1) is 11.3 Å². The summed E-state index contributed by atoms with van der Waals surface area (Å²) in [6.45, 7) is 0. The summed E-state index contributed by atoms with van der Waals surface area (Å²) in [7, 11) is 0. The van der Waals surface area contributed by atoms with E-state index in [-0.39, 0.29) is 0 Å². The molecule has 0 saturated carbocycles. The predicted octanol–water partition coefficient (Wildman–Crippen LogP) is 6.52. The third-order valence-electron chi connectivity index (χ3n) is 4.68. The van der Waals surface area contributed by atoms with Crippen LogP contribution >= 0.6 is 11.3 Å². The van der Waals surface area contributed by atoms with Crippen molar-refractivity contribution in [3.63, 3.8) is 0 Å². The number of hydrogen-bond donors (Lipinski definition) is 0. The molecule has 4 nitrogen and oxygen atoms in total. The highest BCUT2D eigenvalue weighted by Crippen LogP contribution is 2.34. The molecule has 0 aliphatic rings. The smallest absolute Gasteiger partial charge is 0.153 e. The van der Waals surface area contributed by atoms with Crippen LogP contribution in [0.3, 0.4) is 0 Å². The Morgan fingerprint density at radius 1 is 0.741 bits per heavy atom. The Morgan fingerprint density at radius 3 is 2.59 bits per heavy atom. The van der Waals surface area contributed by atoms with Crippen molar-refractivity contribution in [1.29, 1.82) is 0 Å². The van der Waals surface area contributed by atoms with Crippen LogP contribution in [-0.2, 0) is 0 Å². The molecule has 5 aromatic heterocycles. The van der Waals surface area contributed by atoms with Gasteiger partial charge in [-0.05, 0) is 53.9 Å². The Morgan fingerprint density at radius 2 is 1.63 bits per heavy atom. The van der Waals surface area contributed by atoms with E-state index in [4.69, 9.17) is 8.83 Å². The topological polar surface area (TPSA) is 52.1 Å². The molecule has 0 radical (unpaired) electrons. The van der Waals surface area contributed by atoms with E-state index in [0.717, 1.165) is 54.9 Å². The van der Waals surface area contributed by atoms with Crippen LogP contribution < -0.4 is 0 Å². The van der Waals surface area contributed by atoms with Crippen molar-refractivity contribution in [1.82, 2.24) is 9.97 Å². The van der Waals surface area contributed by atoms with Crippen LogP contribution in [0.1, 0.15) is 0 Å². The summed E-state index contributed by atoms with van der Waals surface area (Å²) in [6, 6.07) is 18.1. The van der Waals surface area contributed by atoms with Crippen LogP contribution in [0.5, 0.6) is 0 Å². The fraction of sp³-hybridized carbons (Fsp3) is 0.